The maximum absolute atomic E-state index is 9.91. The molecule has 3 N–H and O–H groups in total. The maximum atomic E-state index is 9.91. The summed E-state index contributed by atoms with van der Waals surface area (Å²) in [4.78, 5) is 0. The van der Waals surface area contributed by atoms with Crippen LogP contribution in [0, 0.1) is 0 Å². The van der Waals surface area contributed by atoms with Crippen molar-refractivity contribution < 1.29 is 9.84 Å². The lowest BCUT2D eigenvalue weighted by Gasteiger charge is -2.21. The number of methoxy groups -OCH3 is 1. The predicted octanol–water partition coefficient (Wildman–Crippen LogP) is 1.78. The van der Waals surface area contributed by atoms with Crippen molar-refractivity contribution >= 4 is 0 Å². The van der Waals surface area contributed by atoms with E-state index in [0.717, 1.165) is 18.4 Å². The number of hydrogen-bond donors (Lipinski definition) is 2. The molecule has 1 aliphatic carbocycles. The van der Waals surface area contributed by atoms with Gasteiger partial charge in [0.2, 0.25) is 0 Å². The molecule has 0 spiro atoms. The van der Waals surface area contributed by atoms with Gasteiger partial charge in [-0.25, -0.2) is 0 Å². The van der Waals surface area contributed by atoms with E-state index in [1.807, 2.05) is 19.1 Å². The molecule has 3 nitrogen and oxygen atoms in total. The molecule has 82 valence electrons. The Morgan fingerprint density at radius 2 is 2.13 bits per heavy atom. The first-order valence-electron chi connectivity index (χ1n) is 5.23. The van der Waals surface area contributed by atoms with E-state index >= 15 is 0 Å². The molecule has 0 aromatic heterocycles. The SMILES string of the molecule is COc1ccc(C2(C(C)N)CC2)c(O)c1. The molecule has 3 heteroatoms. The average molecular weight is 207 g/mol. The number of ether oxygens (including phenoxy) is 1. The van der Waals surface area contributed by atoms with Crippen LogP contribution in [0.2, 0.25) is 0 Å². The maximum Gasteiger partial charge on any atom is 0.123 e. The summed E-state index contributed by atoms with van der Waals surface area (Å²) < 4.78 is 5.05. The Balaban J connectivity index is 2.37. The standard InChI is InChI=1S/C12H17NO2/c1-8(13)12(5-6-12)10-4-3-9(15-2)7-11(10)14/h3-4,7-8,14H,5-6,13H2,1-2H3. The van der Waals surface area contributed by atoms with Crippen molar-refractivity contribution in [2.45, 2.75) is 31.2 Å². The van der Waals surface area contributed by atoms with E-state index in [0.29, 0.717) is 11.5 Å². The van der Waals surface area contributed by atoms with Gasteiger partial charge in [0, 0.05) is 23.1 Å². The number of nitrogens with two attached hydrogens (primary N) is 1. The molecule has 0 amide bonds. The van der Waals surface area contributed by atoms with E-state index in [9.17, 15) is 5.11 Å². The lowest BCUT2D eigenvalue weighted by Crippen LogP contribution is -2.31. The molecule has 1 unspecified atom stereocenters. The van der Waals surface area contributed by atoms with E-state index in [1.54, 1.807) is 13.2 Å². The van der Waals surface area contributed by atoms with Crippen molar-refractivity contribution in [2.75, 3.05) is 7.11 Å². The molecule has 0 aliphatic heterocycles. The minimum Gasteiger partial charge on any atom is -0.508 e. The van der Waals surface area contributed by atoms with E-state index in [2.05, 4.69) is 0 Å². The quantitative estimate of drug-likeness (QED) is 0.794. The highest BCUT2D eigenvalue weighted by Gasteiger charge is 2.48. The summed E-state index contributed by atoms with van der Waals surface area (Å²) in [6.07, 6.45) is 2.12. The Labute approximate surface area is 89.9 Å². The number of phenolic OH excluding ortho intramolecular Hbond substituents is 1. The van der Waals surface area contributed by atoms with Gasteiger partial charge in [-0.05, 0) is 25.8 Å². The van der Waals surface area contributed by atoms with Crippen LogP contribution in [0.3, 0.4) is 0 Å². The number of benzene rings is 1. The molecule has 1 atom stereocenters. The summed E-state index contributed by atoms with van der Waals surface area (Å²) in [5.41, 5.74) is 6.91. The smallest absolute Gasteiger partial charge is 0.123 e. The van der Waals surface area contributed by atoms with Gasteiger partial charge in [0.05, 0.1) is 7.11 Å². The van der Waals surface area contributed by atoms with E-state index in [1.165, 1.54) is 0 Å². The summed E-state index contributed by atoms with van der Waals surface area (Å²) in [7, 11) is 1.59. The Hall–Kier alpha value is -1.22. The molecule has 2 rings (SSSR count). The molecule has 0 radical (unpaired) electrons. The van der Waals surface area contributed by atoms with Gasteiger partial charge in [0.15, 0.2) is 0 Å². The minimum absolute atomic E-state index is 0.00362. The highest BCUT2D eigenvalue weighted by Crippen LogP contribution is 2.53. The van der Waals surface area contributed by atoms with Crippen LogP contribution in [-0.4, -0.2) is 18.3 Å². The lowest BCUT2D eigenvalue weighted by molar-refractivity contribution is 0.402. The molecule has 15 heavy (non-hydrogen) atoms. The van der Waals surface area contributed by atoms with Gasteiger partial charge >= 0.3 is 0 Å². The minimum atomic E-state index is -0.00362. The van der Waals surface area contributed by atoms with Gasteiger partial charge in [0.25, 0.3) is 0 Å². The van der Waals surface area contributed by atoms with Crippen LogP contribution in [-0.2, 0) is 5.41 Å². The molecule has 1 aromatic carbocycles. The van der Waals surface area contributed by atoms with E-state index in [-0.39, 0.29) is 11.5 Å². The molecule has 1 saturated carbocycles. The molecule has 0 bridgehead atoms. The number of hydrogen-bond acceptors (Lipinski definition) is 3. The largest absolute Gasteiger partial charge is 0.508 e. The summed E-state index contributed by atoms with van der Waals surface area (Å²) in [6.45, 7) is 2.00. The third kappa shape index (κ3) is 1.57. The first kappa shape index (κ1) is 10.3. The zero-order valence-electron chi connectivity index (χ0n) is 9.16. The van der Waals surface area contributed by atoms with Gasteiger partial charge in [-0.1, -0.05) is 6.07 Å². The molecule has 0 saturated heterocycles. The van der Waals surface area contributed by atoms with Gasteiger partial charge in [0.1, 0.15) is 11.5 Å². The Morgan fingerprint density at radius 3 is 2.53 bits per heavy atom. The molecule has 1 aliphatic rings. The third-order valence-electron chi connectivity index (χ3n) is 3.40. The molecule has 1 aromatic rings. The van der Waals surface area contributed by atoms with Crippen molar-refractivity contribution in [1.29, 1.82) is 0 Å². The van der Waals surface area contributed by atoms with Crippen LogP contribution in [0.5, 0.6) is 11.5 Å². The second kappa shape index (κ2) is 3.42. The highest BCUT2D eigenvalue weighted by molar-refractivity contribution is 5.47. The summed E-state index contributed by atoms with van der Waals surface area (Å²) in [6, 6.07) is 5.52. The summed E-state index contributed by atoms with van der Waals surface area (Å²) in [5, 5.41) is 9.91. The topological polar surface area (TPSA) is 55.5 Å². The molecular weight excluding hydrogens is 190 g/mol. The van der Waals surface area contributed by atoms with Gasteiger partial charge in [-0.2, -0.15) is 0 Å². The Morgan fingerprint density at radius 1 is 1.47 bits per heavy atom. The summed E-state index contributed by atoms with van der Waals surface area (Å²) >= 11 is 0. The monoisotopic (exact) mass is 207 g/mol. The van der Waals surface area contributed by atoms with Crippen molar-refractivity contribution in [3.63, 3.8) is 0 Å². The molecule has 1 fully saturated rings. The van der Waals surface area contributed by atoms with Crippen LogP contribution >= 0.6 is 0 Å². The van der Waals surface area contributed by atoms with Crippen LogP contribution in [0.15, 0.2) is 18.2 Å². The highest BCUT2D eigenvalue weighted by atomic mass is 16.5. The van der Waals surface area contributed by atoms with Gasteiger partial charge in [-0.15, -0.1) is 0 Å². The van der Waals surface area contributed by atoms with Crippen LogP contribution in [0.1, 0.15) is 25.3 Å². The fourth-order valence-corrected chi connectivity index (χ4v) is 2.16. The van der Waals surface area contributed by atoms with Crippen molar-refractivity contribution in [2.24, 2.45) is 5.73 Å². The second-order valence-electron chi connectivity index (χ2n) is 4.33. The Kier molecular flexibility index (Phi) is 2.35. The fourth-order valence-electron chi connectivity index (χ4n) is 2.16. The number of rotatable bonds is 3. The lowest BCUT2D eigenvalue weighted by atomic mass is 9.89. The van der Waals surface area contributed by atoms with Crippen molar-refractivity contribution in [3.8, 4) is 11.5 Å². The zero-order valence-corrected chi connectivity index (χ0v) is 9.16. The van der Waals surface area contributed by atoms with Crippen molar-refractivity contribution in [3.05, 3.63) is 23.8 Å². The van der Waals surface area contributed by atoms with E-state index < -0.39 is 0 Å². The fraction of sp³-hybridized carbons (Fsp3) is 0.500. The molecular formula is C12H17NO2. The van der Waals surface area contributed by atoms with Crippen LogP contribution in [0.4, 0.5) is 0 Å². The van der Waals surface area contributed by atoms with Gasteiger partial charge in [-0.3, -0.25) is 0 Å². The predicted molar refractivity (Wildman–Crippen MR) is 59.2 cm³/mol. The number of aromatic hydroxyl groups is 1. The number of phenols is 1. The van der Waals surface area contributed by atoms with E-state index in [4.69, 9.17) is 10.5 Å². The van der Waals surface area contributed by atoms with Crippen LogP contribution < -0.4 is 10.5 Å². The molecule has 0 heterocycles. The first-order chi connectivity index (χ1) is 7.10. The van der Waals surface area contributed by atoms with Crippen LogP contribution in [0.25, 0.3) is 0 Å². The third-order valence-corrected chi connectivity index (χ3v) is 3.40. The Bertz CT molecular complexity index is 370. The first-order valence-corrected chi connectivity index (χ1v) is 5.23. The summed E-state index contributed by atoms with van der Waals surface area (Å²) in [5.74, 6) is 0.973. The zero-order chi connectivity index (χ0) is 11.1. The van der Waals surface area contributed by atoms with Gasteiger partial charge < -0.3 is 15.6 Å². The average Bonchev–Trinajstić information content (AvgIpc) is 2.98. The normalized spacial score (nSPS) is 19.7. The second-order valence-corrected chi connectivity index (χ2v) is 4.33. The van der Waals surface area contributed by atoms with Crippen molar-refractivity contribution in [1.82, 2.24) is 0 Å².